The van der Waals surface area contributed by atoms with Crippen LogP contribution in [0.4, 0.5) is 4.39 Å². The predicted octanol–water partition coefficient (Wildman–Crippen LogP) is 2.20. The van der Waals surface area contributed by atoms with Gasteiger partial charge in [-0.3, -0.25) is 14.5 Å². The van der Waals surface area contributed by atoms with Gasteiger partial charge in [-0.1, -0.05) is 32.0 Å². The number of nitrogens with zero attached hydrogens (tertiary/aromatic N) is 3. The molecule has 142 valence electrons. The van der Waals surface area contributed by atoms with Crippen molar-refractivity contribution in [1.29, 1.82) is 0 Å². The lowest BCUT2D eigenvalue weighted by molar-refractivity contribution is -0.136. The van der Waals surface area contributed by atoms with Crippen molar-refractivity contribution in [3.8, 4) is 0 Å². The average molecular weight is 380 g/mol. The molecule has 0 spiro atoms. The monoisotopic (exact) mass is 379 g/mol. The molecule has 1 unspecified atom stereocenters. The molecule has 0 bridgehead atoms. The zero-order valence-corrected chi connectivity index (χ0v) is 16.2. The minimum Gasteiger partial charge on any atom is -0.340 e. The number of thioether (sulfide) groups is 1. The van der Waals surface area contributed by atoms with Gasteiger partial charge in [-0.25, -0.2) is 4.39 Å². The number of hydrogen-bond acceptors (Lipinski definition) is 4. The number of amides is 2. The van der Waals surface area contributed by atoms with E-state index in [2.05, 4.69) is 4.90 Å². The molecule has 0 radical (unpaired) electrons. The third-order valence-electron chi connectivity index (χ3n) is 4.97. The number of piperazine rings is 1. The fourth-order valence-electron chi connectivity index (χ4n) is 3.44. The van der Waals surface area contributed by atoms with Crippen LogP contribution in [-0.4, -0.2) is 71.5 Å². The molecule has 2 aliphatic rings. The molecule has 0 aromatic heterocycles. The maximum Gasteiger partial charge on any atom is 0.233 e. The molecule has 1 aromatic rings. The zero-order chi connectivity index (χ0) is 18.7. The summed E-state index contributed by atoms with van der Waals surface area (Å²) in [5.41, 5.74) is 0.579. The minimum absolute atomic E-state index is 0.0299. The van der Waals surface area contributed by atoms with Gasteiger partial charge in [0.05, 0.1) is 5.75 Å². The van der Waals surface area contributed by atoms with Gasteiger partial charge in [-0.15, -0.1) is 11.8 Å². The lowest BCUT2D eigenvalue weighted by Crippen LogP contribution is -2.51. The molecule has 0 aliphatic carbocycles. The largest absolute Gasteiger partial charge is 0.340 e. The van der Waals surface area contributed by atoms with E-state index in [4.69, 9.17) is 0 Å². The van der Waals surface area contributed by atoms with E-state index in [9.17, 15) is 14.0 Å². The fourth-order valence-corrected chi connectivity index (χ4v) is 4.67. The van der Waals surface area contributed by atoms with Crippen molar-refractivity contribution in [3.05, 3.63) is 35.6 Å². The van der Waals surface area contributed by atoms with Crippen molar-refractivity contribution in [2.75, 3.05) is 45.0 Å². The summed E-state index contributed by atoms with van der Waals surface area (Å²) < 4.78 is 14.1. The molecule has 26 heavy (non-hydrogen) atoms. The third kappa shape index (κ3) is 4.20. The van der Waals surface area contributed by atoms with Crippen LogP contribution in [-0.2, 0) is 9.59 Å². The van der Waals surface area contributed by atoms with E-state index in [1.165, 1.54) is 17.8 Å². The maximum absolute atomic E-state index is 14.1. The molecular formula is C19H26FN3O2S. The number of hydrogen-bond donors (Lipinski definition) is 0. The normalized spacial score (nSPS) is 21.7. The second-order valence-corrected chi connectivity index (χ2v) is 8.16. The molecule has 7 heteroatoms. The minimum atomic E-state index is -0.259. The Labute approximate surface area is 158 Å². The summed E-state index contributed by atoms with van der Waals surface area (Å²) in [5, 5.41) is -0.243. The van der Waals surface area contributed by atoms with Gasteiger partial charge in [0.25, 0.3) is 0 Å². The number of benzene rings is 1. The van der Waals surface area contributed by atoms with Crippen molar-refractivity contribution in [2.24, 2.45) is 5.92 Å². The summed E-state index contributed by atoms with van der Waals surface area (Å²) in [6, 6.07) is 6.68. The van der Waals surface area contributed by atoms with Crippen LogP contribution in [0.25, 0.3) is 0 Å². The second-order valence-electron chi connectivity index (χ2n) is 7.09. The highest BCUT2D eigenvalue weighted by Gasteiger charge is 2.34. The molecule has 5 nitrogen and oxygen atoms in total. The molecule has 2 heterocycles. The average Bonchev–Trinajstić information content (AvgIpc) is 3.00. The fraction of sp³-hybridized carbons (Fsp3) is 0.579. The maximum atomic E-state index is 14.1. The van der Waals surface area contributed by atoms with E-state index in [0.717, 1.165) is 32.7 Å². The SMILES string of the molecule is CC(C)C(=O)N1CCN(CCN2C(=O)CSC2c2ccccc2F)CC1. The molecule has 0 saturated carbocycles. The standard InChI is InChI=1S/C19H26FN3O2S/c1-14(2)18(25)22-10-7-21(8-11-22)9-12-23-17(24)13-26-19(23)15-5-3-4-6-16(15)20/h3-6,14,19H,7-13H2,1-2H3. The number of rotatable bonds is 5. The van der Waals surface area contributed by atoms with Crippen LogP contribution >= 0.6 is 11.8 Å². The van der Waals surface area contributed by atoms with Crippen LogP contribution < -0.4 is 0 Å². The third-order valence-corrected chi connectivity index (χ3v) is 6.21. The van der Waals surface area contributed by atoms with Gasteiger partial charge < -0.3 is 9.80 Å². The van der Waals surface area contributed by atoms with Crippen molar-refractivity contribution >= 4 is 23.6 Å². The van der Waals surface area contributed by atoms with Crippen LogP contribution in [0.2, 0.25) is 0 Å². The van der Waals surface area contributed by atoms with Crippen molar-refractivity contribution < 1.29 is 14.0 Å². The van der Waals surface area contributed by atoms with Gasteiger partial charge in [0.15, 0.2) is 0 Å². The van der Waals surface area contributed by atoms with Crippen molar-refractivity contribution in [1.82, 2.24) is 14.7 Å². The Bertz CT molecular complexity index is 662. The van der Waals surface area contributed by atoms with E-state index in [0.29, 0.717) is 17.9 Å². The molecule has 3 rings (SSSR count). The van der Waals surface area contributed by atoms with Gasteiger partial charge in [-0.05, 0) is 6.07 Å². The summed E-state index contributed by atoms with van der Waals surface area (Å²) in [7, 11) is 0. The van der Waals surface area contributed by atoms with E-state index in [1.54, 1.807) is 17.0 Å². The first-order valence-corrected chi connectivity index (χ1v) is 10.2. The predicted molar refractivity (Wildman–Crippen MR) is 101 cm³/mol. The zero-order valence-electron chi connectivity index (χ0n) is 15.4. The Morgan fingerprint density at radius 2 is 1.88 bits per heavy atom. The van der Waals surface area contributed by atoms with Crippen LogP contribution in [0.3, 0.4) is 0 Å². The summed E-state index contributed by atoms with van der Waals surface area (Å²) in [6.45, 7) is 8.29. The smallest absolute Gasteiger partial charge is 0.233 e. The van der Waals surface area contributed by atoms with Crippen molar-refractivity contribution in [2.45, 2.75) is 19.2 Å². The topological polar surface area (TPSA) is 43.9 Å². The van der Waals surface area contributed by atoms with Crippen LogP contribution in [0.1, 0.15) is 24.8 Å². The van der Waals surface area contributed by atoms with E-state index in [1.807, 2.05) is 24.8 Å². The van der Waals surface area contributed by atoms with Crippen LogP contribution in [0.15, 0.2) is 24.3 Å². The molecule has 2 aliphatic heterocycles. The Balaban J connectivity index is 1.55. The van der Waals surface area contributed by atoms with Gasteiger partial charge in [0.1, 0.15) is 11.2 Å². The van der Waals surface area contributed by atoms with Gasteiger partial charge in [0.2, 0.25) is 11.8 Å². The molecule has 2 saturated heterocycles. The number of halogens is 1. The van der Waals surface area contributed by atoms with Gasteiger partial charge >= 0.3 is 0 Å². The van der Waals surface area contributed by atoms with E-state index < -0.39 is 0 Å². The summed E-state index contributed by atoms with van der Waals surface area (Å²) in [6.07, 6.45) is 0. The molecule has 2 fully saturated rings. The Morgan fingerprint density at radius 3 is 2.54 bits per heavy atom. The first-order chi connectivity index (χ1) is 12.5. The van der Waals surface area contributed by atoms with E-state index in [-0.39, 0.29) is 28.9 Å². The lowest BCUT2D eigenvalue weighted by Gasteiger charge is -2.36. The first kappa shape index (κ1) is 19.2. The van der Waals surface area contributed by atoms with Crippen molar-refractivity contribution in [3.63, 3.8) is 0 Å². The Morgan fingerprint density at radius 1 is 1.19 bits per heavy atom. The Hall–Kier alpha value is -1.60. The van der Waals surface area contributed by atoms with Gasteiger partial charge in [0, 0.05) is 50.7 Å². The number of carbonyl (C=O) groups is 2. The molecule has 2 amide bonds. The highest BCUT2D eigenvalue weighted by Crippen LogP contribution is 2.39. The first-order valence-electron chi connectivity index (χ1n) is 9.14. The number of carbonyl (C=O) groups excluding carboxylic acids is 2. The molecule has 1 atom stereocenters. The van der Waals surface area contributed by atoms with E-state index >= 15 is 0 Å². The van der Waals surface area contributed by atoms with Crippen LogP contribution in [0.5, 0.6) is 0 Å². The molecular weight excluding hydrogens is 353 g/mol. The summed E-state index contributed by atoms with van der Waals surface area (Å²) in [5.74, 6) is 0.440. The van der Waals surface area contributed by atoms with Gasteiger partial charge in [-0.2, -0.15) is 0 Å². The van der Waals surface area contributed by atoms with Crippen LogP contribution in [0, 0.1) is 11.7 Å². The highest BCUT2D eigenvalue weighted by atomic mass is 32.2. The summed E-state index contributed by atoms with van der Waals surface area (Å²) >= 11 is 1.48. The summed E-state index contributed by atoms with van der Waals surface area (Å²) in [4.78, 5) is 30.3. The second kappa shape index (κ2) is 8.39. The quantitative estimate of drug-likeness (QED) is 0.787. The molecule has 1 aromatic carbocycles. The lowest BCUT2D eigenvalue weighted by atomic mass is 10.1. The Kier molecular flexibility index (Phi) is 6.19. The highest BCUT2D eigenvalue weighted by molar-refractivity contribution is 8.00. The molecule has 0 N–H and O–H groups in total.